The van der Waals surface area contributed by atoms with Gasteiger partial charge >= 0.3 is 0 Å². The predicted octanol–water partition coefficient (Wildman–Crippen LogP) is 3.40. The van der Waals surface area contributed by atoms with E-state index in [1.807, 2.05) is 24.3 Å². The molecule has 148 valence electrons. The highest BCUT2D eigenvalue weighted by Gasteiger charge is 2.18. The Balaban J connectivity index is 1.85. The molecule has 1 aromatic heterocycles. The number of ether oxygens (including phenoxy) is 3. The van der Waals surface area contributed by atoms with E-state index in [0.717, 1.165) is 29.8 Å². The zero-order valence-electron chi connectivity index (χ0n) is 16.6. The van der Waals surface area contributed by atoms with Gasteiger partial charge in [-0.2, -0.15) is 0 Å². The van der Waals surface area contributed by atoms with E-state index in [0.29, 0.717) is 29.4 Å². The normalized spacial score (nSPS) is 10.7. The molecule has 0 aliphatic heterocycles. The summed E-state index contributed by atoms with van der Waals surface area (Å²) in [6.45, 7) is 3.28. The monoisotopic (exact) mass is 383 g/mol. The predicted molar refractivity (Wildman–Crippen MR) is 107 cm³/mol. The number of carbonyl (C=O) groups excluding carboxylic acids is 1. The Labute approximate surface area is 164 Å². The van der Waals surface area contributed by atoms with E-state index >= 15 is 0 Å². The molecule has 0 aliphatic carbocycles. The molecule has 28 heavy (non-hydrogen) atoms. The zero-order chi connectivity index (χ0) is 20.1. The van der Waals surface area contributed by atoms with Gasteiger partial charge in [-0.3, -0.25) is 4.79 Å². The first-order chi connectivity index (χ1) is 13.6. The fraction of sp³-hybridized carbons (Fsp3) is 0.333. The van der Waals surface area contributed by atoms with Gasteiger partial charge in [0.05, 0.1) is 38.9 Å². The number of aryl methyl sites for hydroxylation is 1. The number of carbonyl (C=O) groups is 1. The molecule has 7 nitrogen and oxygen atoms in total. The summed E-state index contributed by atoms with van der Waals surface area (Å²) >= 11 is 0. The number of nitrogens with one attached hydrogen (secondary N) is 1. The van der Waals surface area contributed by atoms with Crippen molar-refractivity contribution >= 4 is 16.9 Å². The topological polar surface area (TPSA) is 74.6 Å². The van der Waals surface area contributed by atoms with Crippen molar-refractivity contribution in [3.05, 3.63) is 47.8 Å². The number of fused-ring (bicyclic) bond motifs is 1. The molecule has 0 saturated heterocycles. The molecule has 3 rings (SSSR count). The number of imidazole rings is 1. The first kappa shape index (κ1) is 19.5. The van der Waals surface area contributed by atoms with Crippen LogP contribution < -0.4 is 19.5 Å². The summed E-state index contributed by atoms with van der Waals surface area (Å²) in [7, 11) is 4.57. The smallest absolute Gasteiger partial charge is 0.251 e. The fourth-order valence-electron chi connectivity index (χ4n) is 3.21. The van der Waals surface area contributed by atoms with Crippen molar-refractivity contribution in [3.63, 3.8) is 0 Å². The Morgan fingerprint density at radius 2 is 1.75 bits per heavy atom. The third-order valence-electron chi connectivity index (χ3n) is 4.51. The van der Waals surface area contributed by atoms with E-state index < -0.39 is 0 Å². The lowest BCUT2D eigenvalue weighted by molar-refractivity contribution is 0.0948. The molecule has 1 N–H and O–H groups in total. The highest BCUT2D eigenvalue weighted by atomic mass is 16.5. The summed E-state index contributed by atoms with van der Waals surface area (Å²) in [6, 6.07) is 11.2. The highest BCUT2D eigenvalue weighted by molar-refractivity contribution is 5.95. The van der Waals surface area contributed by atoms with Gasteiger partial charge in [0, 0.05) is 12.1 Å². The van der Waals surface area contributed by atoms with Gasteiger partial charge in [0.2, 0.25) is 5.75 Å². The van der Waals surface area contributed by atoms with Crippen molar-refractivity contribution in [1.82, 2.24) is 14.9 Å². The number of nitrogens with zero attached hydrogens (tertiary/aromatic N) is 2. The summed E-state index contributed by atoms with van der Waals surface area (Å²) in [5, 5.41) is 2.94. The maximum atomic E-state index is 12.7. The molecular weight excluding hydrogens is 358 g/mol. The molecule has 3 aromatic rings. The number of amides is 1. The second-order valence-electron chi connectivity index (χ2n) is 6.27. The van der Waals surface area contributed by atoms with E-state index in [9.17, 15) is 4.79 Å². The summed E-state index contributed by atoms with van der Waals surface area (Å²) in [5.74, 6) is 1.90. The molecule has 0 unspecified atom stereocenters. The molecule has 0 fully saturated rings. The molecule has 1 amide bonds. The third kappa shape index (κ3) is 3.74. The van der Waals surface area contributed by atoms with Crippen LogP contribution in [0.5, 0.6) is 17.2 Å². The SMILES string of the molecule is CCCn1c(CNC(=O)c2cc(OC)c(OC)c(OC)c2)nc2ccccc21. The van der Waals surface area contributed by atoms with Crippen LogP contribution >= 0.6 is 0 Å². The van der Waals surface area contributed by atoms with Crippen LogP contribution in [-0.4, -0.2) is 36.8 Å². The van der Waals surface area contributed by atoms with Crippen LogP contribution in [0.2, 0.25) is 0 Å². The molecule has 0 spiro atoms. The lowest BCUT2D eigenvalue weighted by Crippen LogP contribution is -2.25. The fourth-order valence-corrected chi connectivity index (χ4v) is 3.21. The molecule has 1 heterocycles. The van der Waals surface area contributed by atoms with Gasteiger partial charge in [-0.15, -0.1) is 0 Å². The lowest BCUT2D eigenvalue weighted by Gasteiger charge is -2.14. The molecule has 0 radical (unpaired) electrons. The first-order valence-corrected chi connectivity index (χ1v) is 9.15. The van der Waals surface area contributed by atoms with Gasteiger partial charge < -0.3 is 24.1 Å². The van der Waals surface area contributed by atoms with Crippen LogP contribution in [0.1, 0.15) is 29.5 Å². The Morgan fingerprint density at radius 1 is 1.07 bits per heavy atom. The molecule has 0 saturated carbocycles. The zero-order valence-corrected chi connectivity index (χ0v) is 16.6. The molecule has 0 aliphatic rings. The average Bonchev–Trinajstić information content (AvgIpc) is 3.08. The number of rotatable bonds is 8. The minimum atomic E-state index is -0.241. The van der Waals surface area contributed by atoms with Gasteiger partial charge in [0.1, 0.15) is 5.82 Å². The molecule has 2 aromatic carbocycles. The van der Waals surface area contributed by atoms with Crippen LogP contribution in [-0.2, 0) is 13.1 Å². The second kappa shape index (κ2) is 8.65. The third-order valence-corrected chi connectivity index (χ3v) is 4.51. The summed E-state index contributed by atoms with van der Waals surface area (Å²) in [4.78, 5) is 17.4. The standard InChI is InChI=1S/C21H25N3O4/c1-5-10-24-16-9-7-6-8-15(16)23-19(24)13-22-21(25)14-11-17(26-2)20(28-4)18(12-14)27-3/h6-9,11-12H,5,10,13H2,1-4H3,(H,22,25). The highest BCUT2D eigenvalue weighted by Crippen LogP contribution is 2.38. The van der Waals surface area contributed by atoms with E-state index in [-0.39, 0.29) is 5.91 Å². The summed E-state index contributed by atoms with van der Waals surface area (Å²) in [6.07, 6.45) is 0.980. The average molecular weight is 383 g/mol. The Bertz CT molecular complexity index is 956. The van der Waals surface area contributed by atoms with Crippen molar-refractivity contribution in [3.8, 4) is 17.2 Å². The van der Waals surface area contributed by atoms with Crippen molar-refractivity contribution in [2.45, 2.75) is 26.4 Å². The van der Waals surface area contributed by atoms with Crippen LogP contribution in [0.15, 0.2) is 36.4 Å². The number of para-hydroxylation sites is 2. The minimum absolute atomic E-state index is 0.241. The summed E-state index contributed by atoms with van der Waals surface area (Å²) < 4.78 is 18.1. The molecule has 0 atom stereocenters. The Morgan fingerprint density at radius 3 is 2.36 bits per heavy atom. The van der Waals surface area contributed by atoms with Gasteiger partial charge in [0.25, 0.3) is 5.91 Å². The largest absolute Gasteiger partial charge is 0.493 e. The van der Waals surface area contributed by atoms with Gasteiger partial charge in [-0.1, -0.05) is 19.1 Å². The van der Waals surface area contributed by atoms with Crippen LogP contribution in [0, 0.1) is 0 Å². The lowest BCUT2D eigenvalue weighted by atomic mass is 10.1. The van der Waals surface area contributed by atoms with Crippen molar-refractivity contribution < 1.29 is 19.0 Å². The Kier molecular flexibility index (Phi) is 6.03. The maximum Gasteiger partial charge on any atom is 0.251 e. The number of methoxy groups -OCH3 is 3. The number of hydrogen-bond acceptors (Lipinski definition) is 5. The van der Waals surface area contributed by atoms with Crippen LogP contribution in [0.25, 0.3) is 11.0 Å². The van der Waals surface area contributed by atoms with Crippen molar-refractivity contribution in [2.24, 2.45) is 0 Å². The Hall–Kier alpha value is -3.22. The first-order valence-electron chi connectivity index (χ1n) is 9.15. The van der Waals surface area contributed by atoms with E-state index in [4.69, 9.17) is 14.2 Å². The second-order valence-corrected chi connectivity index (χ2v) is 6.27. The van der Waals surface area contributed by atoms with Gasteiger partial charge in [0.15, 0.2) is 11.5 Å². The van der Waals surface area contributed by atoms with Crippen LogP contribution in [0.3, 0.4) is 0 Å². The minimum Gasteiger partial charge on any atom is -0.493 e. The van der Waals surface area contributed by atoms with E-state index in [2.05, 4.69) is 21.8 Å². The maximum absolute atomic E-state index is 12.7. The van der Waals surface area contributed by atoms with Gasteiger partial charge in [-0.05, 0) is 30.7 Å². The quantitative estimate of drug-likeness (QED) is 0.645. The number of aromatic nitrogens is 2. The molecule has 7 heteroatoms. The van der Waals surface area contributed by atoms with Crippen LogP contribution in [0.4, 0.5) is 0 Å². The van der Waals surface area contributed by atoms with Crippen molar-refractivity contribution in [1.29, 1.82) is 0 Å². The number of hydrogen-bond donors (Lipinski definition) is 1. The molecule has 0 bridgehead atoms. The van der Waals surface area contributed by atoms with Crippen molar-refractivity contribution in [2.75, 3.05) is 21.3 Å². The van der Waals surface area contributed by atoms with Gasteiger partial charge in [-0.25, -0.2) is 4.98 Å². The molecular formula is C21H25N3O4. The number of benzene rings is 2. The van der Waals surface area contributed by atoms with E-state index in [1.54, 1.807) is 12.1 Å². The van der Waals surface area contributed by atoms with E-state index in [1.165, 1.54) is 21.3 Å². The summed E-state index contributed by atoms with van der Waals surface area (Å²) in [5.41, 5.74) is 2.42.